The highest BCUT2D eigenvalue weighted by Gasteiger charge is 2.38. The number of carbonyl (C=O) groups excluding carboxylic acids is 4. The molecule has 0 aliphatic carbocycles. The maximum Gasteiger partial charge on any atom is 0.305 e. The standard InChI is InChI=1S/C26H26N6O8/c33-13-15(9-24(37)38)28-22(35)12-32-21-8-4-3-7-20(21)31(23(36)14-34)11-19(26(32)40)30-25(39)18-10-27-16-5-1-2-6-17(16)29-18/h1-8,10,13,15,19,23,34,36H,9,11-12,14H2,(H,28,35)(H,30,39)(H,37,38)/t15-,19-,23?/m0/s1. The Morgan fingerprint density at radius 2 is 1.75 bits per heavy atom. The predicted molar refractivity (Wildman–Crippen MR) is 140 cm³/mol. The first-order valence-electron chi connectivity index (χ1n) is 12.2. The number of para-hydroxylation sites is 4. The highest BCUT2D eigenvalue weighted by Crippen LogP contribution is 2.33. The summed E-state index contributed by atoms with van der Waals surface area (Å²) >= 11 is 0. The zero-order valence-electron chi connectivity index (χ0n) is 21.0. The van der Waals surface area contributed by atoms with Gasteiger partial charge >= 0.3 is 5.97 Å². The molecule has 3 atom stereocenters. The number of carbonyl (C=O) groups is 5. The number of benzene rings is 2. The van der Waals surface area contributed by atoms with Gasteiger partial charge in [-0.15, -0.1) is 0 Å². The van der Waals surface area contributed by atoms with Gasteiger partial charge < -0.3 is 35.6 Å². The number of amides is 3. The van der Waals surface area contributed by atoms with Crippen molar-refractivity contribution < 1.29 is 39.3 Å². The van der Waals surface area contributed by atoms with Crippen LogP contribution in [0.15, 0.2) is 54.7 Å². The zero-order chi connectivity index (χ0) is 28.8. The van der Waals surface area contributed by atoms with Gasteiger partial charge in [0.2, 0.25) is 5.91 Å². The van der Waals surface area contributed by atoms with Crippen molar-refractivity contribution >= 4 is 52.4 Å². The van der Waals surface area contributed by atoms with Crippen LogP contribution in [0.2, 0.25) is 0 Å². The van der Waals surface area contributed by atoms with Gasteiger partial charge in [0.15, 0.2) is 0 Å². The van der Waals surface area contributed by atoms with Crippen molar-refractivity contribution in [2.45, 2.75) is 24.7 Å². The molecule has 0 spiro atoms. The van der Waals surface area contributed by atoms with E-state index < -0.39 is 61.6 Å². The summed E-state index contributed by atoms with van der Waals surface area (Å²) in [5.74, 6) is -3.61. The highest BCUT2D eigenvalue weighted by molar-refractivity contribution is 6.08. The molecule has 0 radical (unpaired) electrons. The molecule has 2 aromatic carbocycles. The van der Waals surface area contributed by atoms with Gasteiger partial charge in [-0.2, -0.15) is 0 Å². The number of fused-ring (bicyclic) bond motifs is 2. The SMILES string of the molecule is O=C[C@H](CC(=O)O)NC(=O)CN1C(=O)[C@@H](NC(=O)c2cnc3ccccc3n2)CN(C(O)CO)c2ccccc21. The molecule has 14 heteroatoms. The Morgan fingerprint density at radius 3 is 2.42 bits per heavy atom. The van der Waals surface area contributed by atoms with Gasteiger partial charge in [0.25, 0.3) is 11.8 Å². The Bertz CT molecular complexity index is 1450. The number of aliphatic hydroxyl groups is 2. The number of aromatic nitrogens is 2. The quantitative estimate of drug-likeness (QED) is 0.195. The lowest BCUT2D eigenvalue weighted by atomic mass is 10.2. The molecule has 2 heterocycles. The third-order valence-corrected chi connectivity index (χ3v) is 6.14. The van der Waals surface area contributed by atoms with Crippen LogP contribution >= 0.6 is 0 Å². The number of aliphatic carboxylic acids is 1. The Labute approximate surface area is 227 Å². The smallest absolute Gasteiger partial charge is 0.305 e. The van der Waals surface area contributed by atoms with Gasteiger partial charge in [-0.25, -0.2) is 4.98 Å². The van der Waals surface area contributed by atoms with Crippen molar-refractivity contribution in [3.05, 3.63) is 60.4 Å². The highest BCUT2D eigenvalue weighted by atomic mass is 16.4. The van der Waals surface area contributed by atoms with Crippen LogP contribution in [0, 0.1) is 0 Å². The number of nitrogens with one attached hydrogen (secondary N) is 2. The average molecular weight is 551 g/mol. The molecule has 4 rings (SSSR count). The second-order valence-corrected chi connectivity index (χ2v) is 8.91. The molecule has 0 bridgehead atoms. The number of aldehydes is 1. The zero-order valence-corrected chi connectivity index (χ0v) is 21.0. The van der Waals surface area contributed by atoms with E-state index in [0.29, 0.717) is 11.0 Å². The lowest BCUT2D eigenvalue weighted by molar-refractivity contribution is -0.138. The van der Waals surface area contributed by atoms with Crippen LogP contribution in [0.1, 0.15) is 16.9 Å². The molecule has 5 N–H and O–H groups in total. The van der Waals surface area contributed by atoms with E-state index >= 15 is 0 Å². The first kappa shape index (κ1) is 28.1. The summed E-state index contributed by atoms with van der Waals surface area (Å²) in [6.45, 7) is -1.61. The Hall–Kier alpha value is -4.95. The normalized spacial score (nSPS) is 16.4. The minimum absolute atomic E-state index is 0.0747. The molecule has 0 saturated heterocycles. The summed E-state index contributed by atoms with van der Waals surface area (Å²) in [6, 6.07) is 10.5. The van der Waals surface area contributed by atoms with Crippen LogP contribution in [0.3, 0.4) is 0 Å². The molecule has 40 heavy (non-hydrogen) atoms. The minimum Gasteiger partial charge on any atom is -0.481 e. The predicted octanol–water partition coefficient (Wildman–Crippen LogP) is -0.949. The number of anilines is 2. The van der Waals surface area contributed by atoms with Gasteiger partial charge in [-0.3, -0.25) is 29.1 Å². The van der Waals surface area contributed by atoms with Crippen LogP contribution in [0.4, 0.5) is 11.4 Å². The maximum atomic E-state index is 13.8. The van der Waals surface area contributed by atoms with E-state index in [1.807, 2.05) is 0 Å². The number of nitrogens with zero attached hydrogens (tertiary/aromatic N) is 4. The lowest BCUT2D eigenvalue weighted by Gasteiger charge is -2.30. The third-order valence-electron chi connectivity index (χ3n) is 6.14. The van der Waals surface area contributed by atoms with E-state index in [1.54, 1.807) is 42.5 Å². The van der Waals surface area contributed by atoms with Crippen molar-refractivity contribution in [2.75, 3.05) is 29.5 Å². The topological polar surface area (TPSA) is 202 Å². The monoisotopic (exact) mass is 550 g/mol. The Kier molecular flexibility index (Phi) is 8.61. The number of carboxylic acid groups (broad SMARTS) is 1. The summed E-state index contributed by atoms with van der Waals surface area (Å²) < 4.78 is 0. The first-order chi connectivity index (χ1) is 19.2. The van der Waals surface area contributed by atoms with Crippen molar-refractivity contribution in [1.82, 2.24) is 20.6 Å². The van der Waals surface area contributed by atoms with E-state index in [1.165, 1.54) is 17.2 Å². The Morgan fingerprint density at radius 1 is 1.07 bits per heavy atom. The number of hydrogen-bond acceptors (Lipinski definition) is 10. The number of aliphatic hydroxyl groups excluding tert-OH is 2. The first-order valence-corrected chi connectivity index (χ1v) is 12.2. The summed E-state index contributed by atoms with van der Waals surface area (Å²) in [5.41, 5.74) is 1.40. The van der Waals surface area contributed by atoms with Crippen molar-refractivity contribution in [3.8, 4) is 0 Å². The minimum atomic E-state index is -1.46. The largest absolute Gasteiger partial charge is 0.481 e. The summed E-state index contributed by atoms with van der Waals surface area (Å²) in [4.78, 5) is 72.8. The van der Waals surface area contributed by atoms with E-state index in [0.717, 1.165) is 4.90 Å². The molecule has 14 nitrogen and oxygen atoms in total. The van der Waals surface area contributed by atoms with Crippen LogP contribution in [0.25, 0.3) is 11.0 Å². The van der Waals surface area contributed by atoms with E-state index in [2.05, 4.69) is 20.6 Å². The molecule has 1 aromatic heterocycles. The van der Waals surface area contributed by atoms with Gasteiger partial charge in [-0.05, 0) is 24.3 Å². The maximum absolute atomic E-state index is 13.8. The van der Waals surface area contributed by atoms with Gasteiger partial charge in [0, 0.05) is 6.54 Å². The Balaban J connectivity index is 1.66. The molecule has 208 valence electrons. The molecular weight excluding hydrogens is 524 g/mol. The van der Waals surface area contributed by atoms with Gasteiger partial charge in [-0.1, -0.05) is 24.3 Å². The number of carboxylic acids is 1. The molecular formula is C26H26N6O8. The van der Waals surface area contributed by atoms with Crippen molar-refractivity contribution in [3.63, 3.8) is 0 Å². The lowest BCUT2D eigenvalue weighted by Crippen LogP contribution is -2.55. The van der Waals surface area contributed by atoms with E-state index in [-0.39, 0.29) is 29.9 Å². The van der Waals surface area contributed by atoms with Crippen LogP contribution < -0.4 is 20.4 Å². The second-order valence-electron chi connectivity index (χ2n) is 8.91. The third kappa shape index (κ3) is 6.19. The molecule has 1 aliphatic heterocycles. The molecule has 1 aliphatic rings. The second kappa shape index (κ2) is 12.3. The average Bonchev–Trinajstić information content (AvgIpc) is 3.06. The van der Waals surface area contributed by atoms with Crippen LogP contribution in [-0.2, 0) is 19.2 Å². The fourth-order valence-electron chi connectivity index (χ4n) is 4.28. The summed E-state index contributed by atoms with van der Waals surface area (Å²) in [7, 11) is 0. The van der Waals surface area contributed by atoms with Gasteiger partial charge in [0.1, 0.15) is 30.8 Å². The summed E-state index contributed by atoms with van der Waals surface area (Å²) in [6.07, 6.45) is -0.585. The van der Waals surface area contributed by atoms with E-state index in [4.69, 9.17) is 5.11 Å². The van der Waals surface area contributed by atoms with Gasteiger partial charge in [0.05, 0.1) is 47.7 Å². The fraction of sp³-hybridized carbons (Fsp3) is 0.269. The van der Waals surface area contributed by atoms with E-state index in [9.17, 15) is 34.2 Å². The summed E-state index contributed by atoms with van der Waals surface area (Å²) in [5, 5.41) is 34.1. The molecule has 3 amide bonds. The van der Waals surface area contributed by atoms with Crippen LogP contribution in [0.5, 0.6) is 0 Å². The van der Waals surface area contributed by atoms with Crippen LogP contribution in [-0.4, -0.2) is 93.3 Å². The number of rotatable bonds is 10. The molecule has 0 saturated carbocycles. The number of hydrogen-bond donors (Lipinski definition) is 5. The molecule has 3 aromatic rings. The van der Waals surface area contributed by atoms with Crippen molar-refractivity contribution in [2.24, 2.45) is 0 Å². The molecule has 1 unspecified atom stereocenters. The van der Waals surface area contributed by atoms with Crippen molar-refractivity contribution in [1.29, 1.82) is 0 Å². The molecule has 0 fully saturated rings. The fourth-order valence-corrected chi connectivity index (χ4v) is 4.28.